The van der Waals surface area contributed by atoms with E-state index in [1.54, 1.807) is 17.1 Å². The van der Waals surface area contributed by atoms with E-state index in [1.165, 1.54) is 0 Å². The first-order valence-corrected chi connectivity index (χ1v) is 6.85. The number of benzene rings is 1. The number of fused-ring (bicyclic) bond motifs is 1. The fourth-order valence-electron chi connectivity index (χ4n) is 2.46. The summed E-state index contributed by atoms with van der Waals surface area (Å²) < 4.78 is 1.81. The molecule has 0 saturated carbocycles. The molecular formula is C15H13N7. The molecule has 22 heavy (non-hydrogen) atoms. The van der Waals surface area contributed by atoms with E-state index in [9.17, 15) is 0 Å². The molecule has 108 valence electrons. The van der Waals surface area contributed by atoms with Gasteiger partial charge in [-0.2, -0.15) is 10.2 Å². The molecule has 0 spiro atoms. The van der Waals surface area contributed by atoms with Crippen molar-refractivity contribution < 1.29 is 0 Å². The molecule has 0 aliphatic heterocycles. The van der Waals surface area contributed by atoms with Gasteiger partial charge in [-0.1, -0.05) is 0 Å². The summed E-state index contributed by atoms with van der Waals surface area (Å²) in [5.41, 5.74) is 3.65. The van der Waals surface area contributed by atoms with Gasteiger partial charge in [-0.3, -0.25) is 5.10 Å². The highest BCUT2D eigenvalue weighted by molar-refractivity contribution is 5.97. The van der Waals surface area contributed by atoms with Gasteiger partial charge in [0, 0.05) is 30.4 Å². The second-order valence-electron chi connectivity index (χ2n) is 4.80. The SMILES string of the molecule is CNc1ccc(-c2ccc(-n3cccn3)c3[nH]ncc23)nn1. The van der Waals surface area contributed by atoms with Crippen molar-refractivity contribution in [3.05, 3.63) is 48.9 Å². The average molecular weight is 291 g/mol. The number of aromatic nitrogens is 6. The molecule has 0 fully saturated rings. The molecule has 4 rings (SSSR count). The van der Waals surface area contributed by atoms with Crippen molar-refractivity contribution in [2.24, 2.45) is 0 Å². The Morgan fingerprint density at radius 1 is 1.14 bits per heavy atom. The fourth-order valence-corrected chi connectivity index (χ4v) is 2.46. The standard InChI is InChI=1S/C15H13N7/c1-16-14-6-4-12(19-20-14)10-3-5-13(22-8-2-7-18-22)15-11(10)9-17-21-15/h2-9H,1H3,(H,16,20)(H,17,21). The van der Waals surface area contributed by atoms with Crippen LogP contribution in [0.4, 0.5) is 5.82 Å². The van der Waals surface area contributed by atoms with E-state index in [-0.39, 0.29) is 0 Å². The maximum Gasteiger partial charge on any atom is 0.148 e. The molecule has 3 aromatic heterocycles. The summed E-state index contributed by atoms with van der Waals surface area (Å²) in [4.78, 5) is 0. The smallest absolute Gasteiger partial charge is 0.148 e. The normalized spacial score (nSPS) is 11.0. The third-order valence-corrected chi connectivity index (χ3v) is 3.54. The predicted molar refractivity (Wildman–Crippen MR) is 83.8 cm³/mol. The van der Waals surface area contributed by atoms with E-state index in [1.807, 2.05) is 43.6 Å². The minimum atomic E-state index is 0.736. The van der Waals surface area contributed by atoms with Crippen molar-refractivity contribution in [3.63, 3.8) is 0 Å². The van der Waals surface area contributed by atoms with Crippen molar-refractivity contribution in [1.82, 2.24) is 30.2 Å². The van der Waals surface area contributed by atoms with E-state index >= 15 is 0 Å². The lowest BCUT2D eigenvalue weighted by Gasteiger charge is -2.07. The molecule has 0 aliphatic carbocycles. The molecule has 0 radical (unpaired) electrons. The van der Waals surface area contributed by atoms with Crippen LogP contribution in [0.15, 0.2) is 48.9 Å². The highest BCUT2D eigenvalue weighted by atomic mass is 15.3. The quantitative estimate of drug-likeness (QED) is 0.605. The molecule has 7 nitrogen and oxygen atoms in total. The van der Waals surface area contributed by atoms with Gasteiger partial charge in [-0.25, -0.2) is 4.68 Å². The van der Waals surface area contributed by atoms with Gasteiger partial charge in [0.05, 0.1) is 23.1 Å². The summed E-state index contributed by atoms with van der Waals surface area (Å²) in [6, 6.07) is 9.73. The molecule has 0 saturated heterocycles. The number of nitrogens with zero attached hydrogens (tertiary/aromatic N) is 5. The number of H-pyrrole nitrogens is 1. The van der Waals surface area contributed by atoms with Crippen LogP contribution in [0.25, 0.3) is 27.8 Å². The van der Waals surface area contributed by atoms with E-state index in [0.717, 1.165) is 33.7 Å². The maximum atomic E-state index is 4.27. The molecule has 0 bridgehead atoms. The number of hydrogen-bond acceptors (Lipinski definition) is 5. The zero-order valence-electron chi connectivity index (χ0n) is 11.9. The molecule has 2 N–H and O–H groups in total. The second-order valence-corrected chi connectivity index (χ2v) is 4.80. The van der Waals surface area contributed by atoms with Gasteiger partial charge in [-0.05, 0) is 30.3 Å². The monoisotopic (exact) mass is 291 g/mol. The van der Waals surface area contributed by atoms with Crippen molar-refractivity contribution >= 4 is 16.7 Å². The first-order chi connectivity index (χ1) is 10.9. The predicted octanol–water partition coefficient (Wildman–Crippen LogP) is 2.25. The van der Waals surface area contributed by atoms with E-state index in [2.05, 4.69) is 30.8 Å². The molecule has 3 heterocycles. The molecule has 0 unspecified atom stereocenters. The highest BCUT2D eigenvalue weighted by Gasteiger charge is 2.12. The summed E-state index contributed by atoms with van der Waals surface area (Å²) >= 11 is 0. The van der Waals surface area contributed by atoms with Gasteiger partial charge in [-0.15, -0.1) is 10.2 Å². The van der Waals surface area contributed by atoms with Crippen LogP contribution in [0.5, 0.6) is 0 Å². The maximum absolute atomic E-state index is 4.27. The van der Waals surface area contributed by atoms with Crippen molar-refractivity contribution in [3.8, 4) is 16.9 Å². The van der Waals surface area contributed by atoms with E-state index in [4.69, 9.17) is 0 Å². The lowest BCUT2D eigenvalue weighted by atomic mass is 10.1. The Morgan fingerprint density at radius 2 is 2.09 bits per heavy atom. The van der Waals surface area contributed by atoms with Crippen LogP contribution in [-0.4, -0.2) is 37.2 Å². The number of nitrogens with one attached hydrogen (secondary N) is 2. The average Bonchev–Trinajstić information content (AvgIpc) is 3.25. The third kappa shape index (κ3) is 1.91. The summed E-state index contributed by atoms with van der Waals surface area (Å²) in [7, 11) is 1.82. The molecule has 1 aromatic carbocycles. The van der Waals surface area contributed by atoms with Gasteiger partial charge < -0.3 is 5.32 Å². The fraction of sp³-hybridized carbons (Fsp3) is 0.0667. The number of anilines is 1. The van der Waals surface area contributed by atoms with Crippen LogP contribution in [0.2, 0.25) is 0 Å². The first-order valence-electron chi connectivity index (χ1n) is 6.85. The number of aromatic amines is 1. The van der Waals surface area contributed by atoms with E-state index < -0.39 is 0 Å². The zero-order valence-corrected chi connectivity index (χ0v) is 11.9. The minimum Gasteiger partial charge on any atom is -0.372 e. The number of hydrogen-bond donors (Lipinski definition) is 2. The van der Waals surface area contributed by atoms with Crippen LogP contribution >= 0.6 is 0 Å². The Labute approximate surface area is 126 Å². The molecule has 0 atom stereocenters. The largest absolute Gasteiger partial charge is 0.372 e. The Kier molecular flexibility index (Phi) is 2.82. The first kappa shape index (κ1) is 12.5. The summed E-state index contributed by atoms with van der Waals surface area (Å²) in [5, 5.41) is 23.8. The van der Waals surface area contributed by atoms with Crippen LogP contribution < -0.4 is 5.32 Å². The van der Waals surface area contributed by atoms with Crippen molar-refractivity contribution in [2.75, 3.05) is 12.4 Å². The van der Waals surface area contributed by atoms with Crippen molar-refractivity contribution in [1.29, 1.82) is 0 Å². The third-order valence-electron chi connectivity index (χ3n) is 3.54. The molecule has 0 aliphatic rings. The molecule has 7 heteroatoms. The van der Waals surface area contributed by atoms with Crippen LogP contribution in [-0.2, 0) is 0 Å². The Balaban J connectivity index is 1.89. The van der Waals surface area contributed by atoms with Crippen molar-refractivity contribution in [2.45, 2.75) is 0 Å². The molecular weight excluding hydrogens is 278 g/mol. The highest BCUT2D eigenvalue weighted by Crippen LogP contribution is 2.29. The summed E-state index contributed by atoms with van der Waals surface area (Å²) in [6.45, 7) is 0. The topological polar surface area (TPSA) is 84.3 Å². The van der Waals surface area contributed by atoms with Gasteiger partial charge in [0.1, 0.15) is 5.82 Å². The summed E-state index contributed by atoms with van der Waals surface area (Å²) in [6.07, 6.45) is 5.44. The lowest BCUT2D eigenvalue weighted by Crippen LogP contribution is -1.98. The van der Waals surface area contributed by atoms with Gasteiger partial charge in [0.2, 0.25) is 0 Å². The van der Waals surface area contributed by atoms with Crippen LogP contribution in [0.1, 0.15) is 0 Å². The van der Waals surface area contributed by atoms with E-state index in [0.29, 0.717) is 0 Å². The zero-order chi connectivity index (χ0) is 14.9. The van der Waals surface area contributed by atoms with Crippen LogP contribution in [0.3, 0.4) is 0 Å². The number of rotatable bonds is 3. The minimum absolute atomic E-state index is 0.736. The Hall–Kier alpha value is -3.22. The lowest BCUT2D eigenvalue weighted by molar-refractivity contribution is 0.883. The second kappa shape index (κ2) is 4.96. The Bertz CT molecular complexity index is 907. The Morgan fingerprint density at radius 3 is 2.82 bits per heavy atom. The van der Waals surface area contributed by atoms with Gasteiger partial charge >= 0.3 is 0 Å². The molecule has 4 aromatic rings. The van der Waals surface area contributed by atoms with Gasteiger partial charge in [0.25, 0.3) is 0 Å². The summed E-state index contributed by atoms with van der Waals surface area (Å²) in [5.74, 6) is 0.736. The van der Waals surface area contributed by atoms with Crippen LogP contribution in [0, 0.1) is 0 Å². The van der Waals surface area contributed by atoms with Gasteiger partial charge in [0.15, 0.2) is 0 Å². The molecule has 0 amide bonds.